The van der Waals surface area contributed by atoms with E-state index in [1.807, 2.05) is 56.3 Å². The molecule has 0 fully saturated rings. The normalized spacial score (nSPS) is 11.2. The maximum atomic E-state index is 12.9. The smallest absolute Gasteiger partial charge is 0.332 e. The van der Waals surface area contributed by atoms with Crippen LogP contribution < -0.4 is 16.0 Å². The Kier molecular flexibility index (Phi) is 4.58. The fourth-order valence-electron chi connectivity index (χ4n) is 3.51. The van der Waals surface area contributed by atoms with Crippen LogP contribution in [0, 0.1) is 13.8 Å². The molecule has 0 amide bonds. The van der Waals surface area contributed by atoms with Crippen LogP contribution in [-0.2, 0) is 20.6 Å². The maximum Gasteiger partial charge on any atom is 0.332 e. The van der Waals surface area contributed by atoms with Crippen LogP contribution >= 0.6 is 0 Å². The average Bonchev–Trinajstić information content (AvgIpc) is 3.03. The zero-order chi connectivity index (χ0) is 20.7. The van der Waals surface area contributed by atoms with Crippen molar-refractivity contribution in [2.75, 3.05) is 0 Å². The van der Waals surface area contributed by atoms with Gasteiger partial charge in [0.25, 0.3) is 5.56 Å². The molecule has 0 N–H and O–H groups in total. The second-order valence-corrected chi connectivity index (χ2v) is 7.27. The SMILES string of the molecule is Cc1cc(C)cc(Oc2nc3c(c(=O)n(C)c(=O)n3C)n2Cc2ccccc2)c1. The summed E-state index contributed by atoms with van der Waals surface area (Å²) >= 11 is 0. The van der Waals surface area contributed by atoms with Gasteiger partial charge in [0.1, 0.15) is 5.75 Å². The maximum absolute atomic E-state index is 12.9. The van der Waals surface area contributed by atoms with Crippen molar-refractivity contribution in [3.8, 4) is 11.8 Å². The van der Waals surface area contributed by atoms with E-state index in [4.69, 9.17) is 4.74 Å². The summed E-state index contributed by atoms with van der Waals surface area (Å²) in [6.07, 6.45) is 0. The minimum absolute atomic E-state index is 0.271. The molecule has 2 heterocycles. The average molecular weight is 390 g/mol. The van der Waals surface area contributed by atoms with Crippen LogP contribution in [0.2, 0.25) is 0 Å². The lowest BCUT2D eigenvalue weighted by Crippen LogP contribution is -2.37. The first kappa shape index (κ1) is 18.7. The Balaban J connectivity index is 1.96. The number of imidazole rings is 1. The zero-order valence-corrected chi connectivity index (χ0v) is 16.8. The summed E-state index contributed by atoms with van der Waals surface area (Å²) in [5, 5.41) is 0. The number of fused-ring (bicyclic) bond motifs is 1. The molecule has 0 aliphatic rings. The van der Waals surface area contributed by atoms with Crippen molar-refractivity contribution in [1.29, 1.82) is 0 Å². The van der Waals surface area contributed by atoms with E-state index in [0.29, 0.717) is 23.5 Å². The van der Waals surface area contributed by atoms with Crippen molar-refractivity contribution in [2.45, 2.75) is 20.4 Å². The van der Waals surface area contributed by atoms with Crippen LogP contribution in [0.3, 0.4) is 0 Å². The fourth-order valence-corrected chi connectivity index (χ4v) is 3.51. The topological polar surface area (TPSA) is 71.1 Å². The highest BCUT2D eigenvalue weighted by atomic mass is 16.5. The van der Waals surface area contributed by atoms with E-state index in [1.54, 1.807) is 11.6 Å². The number of benzene rings is 2. The molecule has 2 aromatic carbocycles. The summed E-state index contributed by atoms with van der Waals surface area (Å²) < 4.78 is 10.3. The molecule has 0 atom stereocenters. The highest BCUT2D eigenvalue weighted by Crippen LogP contribution is 2.26. The lowest BCUT2D eigenvalue weighted by molar-refractivity contribution is 0.420. The summed E-state index contributed by atoms with van der Waals surface area (Å²) in [7, 11) is 3.07. The zero-order valence-electron chi connectivity index (χ0n) is 16.8. The lowest BCUT2D eigenvalue weighted by Gasteiger charge is -2.11. The van der Waals surface area contributed by atoms with Crippen LogP contribution in [0.25, 0.3) is 11.2 Å². The van der Waals surface area contributed by atoms with Gasteiger partial charge in [-0.25, -0.2) is 4.79 Å². The summed E-state index contributed by atoms with van der Waals surface area (Å²) in [4.78, 5) is 29.8. The van der Waals surface area contributed by atoms with Gasteiger partial charge in [0.05, 0.1) is 6.54 Å². The molecule has 0 saturated heterocycles. The Morgan fingerprint density at radius 2 is 1.59 bits per heavy atom. The van der Waals surface area contributed by atoms with Crippen molar-refractivity contribution >= 4 is 11.2 Å². The molecular formula is C22H22N4O3. The van der Waals surface area contributed by atoms with Crippen molar-refractivity contribution in [1.82, 2.24) is 18.7 Å². The van der Waals surface area contributed by atoms with Crippen LogP contribution in [0.15, 0.2) is 58.1 Å². The molecule has 0 radical (unpaired) electrons. The highest BCUT2D eigenvalue weighted by molar-refractivity contribution is 5.72. The van der Waals surface area contributed by atoms with Gasteiger partial charge in [0.15, 0.2) is 11.2 Å². The Hall–Kier alpha value is -3.61. The van der Waals surface area contributed by atoms with Gasteiger partial charge in [-0.15, -0.1) is 0 Å². The number of ether oxygens (including phenoxy) is 1. The standard InChI is InChI=1S/C22H22N4O3/c1-14-10-15(2)12-17(11-14)29-21-23-19-18(20(27)25(4)22(28)24(19)3)26(21)13-16-8-6-5-7-9-16/h5-12H,13H2,1-4H3. The predicted molar refractivity (Wildman–Crippen MR) is 112 cm³/mol. The van der Waals surface area contributed by atoms with Crippen LogP contribution in [-0.4, -0.2) is 18.7 Å². The second-order valence-electron chi connectivity index (χ2n) is 7.27. The number of nitrogens with zero attached hydrogens (tertiary/aromatic N) is 4. The molecular weight excluding hydrogens is 368 g/mol. The van der Waals surface area contributed by atoms with E-state index < -0.39 is 11.2 Å². The van der Waals surface area contributed by atoms with E-state index >= 15 is 0 Å². The van der Waals surface area contributed by atoms with E-state index in [0.717, 1.165) is 21.3 Å². The molecule has 7 heteroatoms. The van der Waals surface area contributed by atoms with Gasteiger partial charge in [0.2, 0.25) is 0 Å². The molecule has 148 valence electrons. The van der Waals surface area contributed by atoms with Crippen molar-refractivity contribution in [3.63, 3.8) is 0 Å². The van der Waals surface area contributed by atoms with Crippen molar-refractivity contribution in [3.05, 3.63) is 86.1 Å². The predicted octanol–water partition coefficient (Wildman–Crippen LogP) is 2.89. The number of aromatic nitrogens is 4. The number of hydrogen-bond donors (Lipinski definition) is 0. The van der Waals surface area contributed by atoms with Gasteiger partial charge in [-0.05, 0) is 42.7 Å². The quantitative estimate of drug-likeness (QED) is 0.537. The molecule has 29 heavy (non-hydrogen) atoms. The van der Waals surface area contributed by atoms with Crippen LogP contribution in [0.4, 0.5) is 0 Å². The monoisotopic (exact) mass is 390 g/mol. The minimum Gasteiger partial charge on any atom is -0.425 e. The number of aryl methyl sites for hydroxylation is 3. The summed E-state index contributed by atoms with van der Waals surface area (Å²) in [5.41, 5.74) is 2.92. The minimum atomic E-state index is -0.426. The molecule has 4 aromatic rings. The molecule has 2 aromatic heterocycles. The van der Waals surface area contributed by atoms with Crippen LogP contribution in [0.5, 0.6) is 11.8 Å². The fraction of sp³-hybridized carbons (Fsp3) is 0.227. The first-order valence-electron chi connectivity index (χ1n) is 9.31. The third kappa shape index (κ3) is 3.35. The summed E-state index contributed by atoms with van der Waals surface area (Å²) in [6.45, 7) is 4.38. The molecule has 0 aliphatic heterocycles. The van der Waals surface area contributed by atoms with Gasteiger partial charge in [-0.2, -0.15) is 4.98 Å². The van der Waals surface area contributed by atoms with Crippen molar-refractivity contribution < 1.29 is 4.74 Å². The number of rotatable bonds is 4. The Labute approximate surface area is 167 Å². The Morgan fingerprint density at radius 3 is 2.24 bits per heavy atom. The summed E-state index contributed by atoms with van der Waals surface area (Å²) in [5.74, 6) is 0.633. The molecule has 0 bridgehead atoms. The van der Waals surface area contributed by atoms with E-state index in [9.17, 15) is 9.59 Å². The first-order chi connectivity index (χ1) is 13.8. The van der Waals surface area contributed by atoms with Gasteiger partial charge in [-0.1, -0.05) is 36.4 Å². The van der Waals surface area contributed by atoms with Crippen molar-refractivity contribution in [2.24, 2.45) is 14.1 Å². The van der Waals surface area contributed by atoms with Gasteiger partial charge in [0, 0.05) is 14.1 Å². The third-order valence-corrected chi connectivity index (χ3v) is 4.90. The lowest BCUT2D eigenvalue weighted by atomic mass is 10.1. The van der Waals surface area contributed by atoms with E-state index in [-0.39, 0.29) is 6.01 Å². The third-order valence-electron chi connectivity index (χ3n) is 4.90. The van der Waals surface area contributed by atoms with Gasteiger partial charge in [-0.3, -0.25) is 18.5 Å². The molecule has 7 nitrogen and oxygen atoms in total. The number of hydrogen-bond acceptors (Lipinski definition) is 4. The molecule has 0 unspecified atom stereocenters. The molecule has 0 saturated carbocycles. The van der Waals surface area contributed by atoms with Gasteiger partial charge < -0.3 is 4.74 Å². The summed E-state index contributed by atoms with van der Waals surface area (Å²) in [6, 6.07) is 15.9. The van der Waals surface area contributed by atoms with E-state index in [2.05, 4.69) is 11.1 Å². The largest absolute Gasteiger partial charge is 0.425 e. The molecule has 0 spiro atoms. The van der Waals surface area contributed by atoms with Crippen LogP contribution in [0.1, 0.15) is 16.7 Å². The highest BCUT2D eigenvalue weighted by Gasteiger charge is 2.21. The molecule has 0 aliphatic carbocycles. The second kappa shape index (κ2) is 7.09. The Bertz CT molecular complexity index is 1310. The Morgan fingerprint density at radius 1 is 0.931 bits per heavy atom. The van der Waals surface area contributed by atoms with Gasteiger partial charge >= 0.3 is 11.7 Å². The first-order valence-corrected chi connectivity index (χ1v) is 9.31. The molecule has 4 rings (SSSR count). The van der Waals surface area contributed by atoms with E-state index in [1.165, 1.54) is 11.6 Å².